The van der Waals surface area contributed by atoms with Crippen LogP contribution in [0.4, 0.5) is 0 Å². The molecule has 5 heterocycles. The van der Waals surface area contributed by atoms with Crippen LogP contribution in [0.15, 0.2) is 247 Å². The van der Waals surface area contributed by atoms with E-state index in [2.05, 4.69) is 213 Å². The Morgan fingerprint density at radius 2 is 0.587 bits per heavy atom. The highest BCUT2D eigenvalue weighted by atomic mass is 16.4. The molecule has 15 rings (SSSR count). The first-order valence-electron chi connectivity index (χ1n) is 24.9. The fraction of sp³-hybridized carbons (Fsp3) is 0. The van der Waals surface area contributed by atoms with Crippen LogP contribution in [0.1, 0.15) is 0 Å². The molecule has 5 aromatic heterocycles. The van der Waals surface area contributed by atoms with Gasteiger partial charge in [-0.25, -0.2) is 19.9 Å². The van der Waals surface area contributed by atoms with Crippen LogP contribution < -0.4 is 0 Å². The number of rotatable bonds is 8. The zero-order chi connectivity index (χ0) is 49.4. The standard InChI is InChI=1S/C66H40N8O/c1-3-15-41(16-4-1)43-27-31-45(32-28-43)61-53-21-7-11-23-55(53)67-65(69-61)73-57-25-13-9-19-49(57)51-37-35-47(39-59(51)73)63-71-72-64(75-63)48-36-38-52-50-20-10-14-26-58(50)74(60(52)40-48)66-68-56-24-12-8-22-54(56)62(70-66)46-33-29-44(30-34-46)42-17-5-2-6-18-42/h1-40H. The minimum atomic E-state index is 0.392. The summed E-state index contributed by atoms with van der Waals surface area (Å²) in [6.45, 7) is 0. The summed E-state index contributed by atoms with van der Waals surface area (Å²) in [5.74, 6) is 1.92. The SMILES string of the molecule is c1ccc(-c2ccc(-c3nc(-n4c5ccccc5c5ccc(-c6nnc(-c7ccc8c9ccccc9n(-c9nc(-c%10ccc(-c%11ccccc%11)cc%10)c%10ccccc%10n9)c8c7)o6)cc54)nc4ccccc34)cc2)cc1. The highest BCUT2D eigenvalue weighted by Gasteiger charge is 2.22. The van der Waals surface area contributed by atoms with Crippen LogP contribution in [0.3, 0.4) is 0 Å². The predicted octanol–water partition coefficient (Wildman–Crippen LogP) is 16.2. The average molecular weight is 961 g/mol. The van der Waals surface area contributed by atoms with E-state index in [1.807, 2.05) is 48.5 Å². The molecule has 0 fully saturated rings. The normalized spacial score (nSPS) is 11.7. The summed E-state index contributed by atoms with van der Waals surface area (Å²) in [4.78, 5) is 21.2. The number of fused-ring (bicyclic) bond motifs is 8. The molecule has 0 saturated heterocycles. The second kappa shape index (κ2) is 17.1. The van der Waals surface area contributed by atoms with Crippen LogP contribution in [-0.2, 0) is 0 Å². The zero-order valence-corrected chi connectivity index (χ0v) is 40.1. The van der Waals surface area contributed by atoms with Crippen molar-refractivity contribution in [2.45, 2.75) is 0 Å². The van der Waals surface area contributed by atoms with Crippen LogP contribution in [0.2, 0.25) is 0 Å². The Morgan fingerprint density at radius 1 is 0.253 bits per heavy atom. The summed E-state index contributed by atoms with van der Waals surface area (Å²) >= 11 is 0. The quantitative estimate of drug-likeness (QED) is 0.149. The van der Waals surface area contributed by atoms with Crippen molar-refractivity contribution in [3.05, 3.63) is 243 Å². The lowest BCUT2D eigenvalue weighted by Crippen LogP contribution is -2.03. The van der Waals surface area contributed by atoms with Gasteiger partial charge in [-0.3, -0.25) is 9.13 Å². The lowest BCUT2D eigenvalue weighted by atomic mass is 10.0. The zero-order valence-electron chi connectivity index (χ0n) is 40.1. The van der Waals surface area contributed by atoms with Gasteiger partial charge in [0, 0.05) is 54.6 Å². The maximum Gasteiger partial charge on any atom is 0.248 e. The summed E-state index contributed by atoms with van der Waals surface area (Å²) in [7, 11) is 0. The molecule has 0 bridgehead atoms. The van der Waals surface area contributed by atoms with Crippen molar-refractivity contribution in [3.63, 3.8) is 0 Å². The second-order valence-corrected chi connectivity index (χ2v) is 18.7. The minimum Gasteiger partial charge on any atom is -0.416 e. The maximum atomic E-state index is 6.64. The molecule has 0 unspecified atom stereocenters. The van der Waals surface area contributed by atoms with Gasteiger partial charge in [0.2, 0.25) is 23.7 Å². The molecule has 9 nitrogen and oxygen atoms in total. The molecule has 0 aliphatic carbocycles. The predicted molar refractivity (Wildman–Crippen MR) is 302 cm³/mol. The molecule has 0 amide bonds. The maximum absolute atomic E-state index is 6.64. The Morgan fingerprint density at radius 3 is 1.03 bits per heavy atom. The lowest BCUT2D eigenvalue weighted by molar-refractivity contribution is 0.584. The van der Waals surface area contributed by atoms with Crippen LogP contribution in [0.25, 0.3) is 145 Å². The van der Waals surface area contributed by atoms with Gasteiger partial charge in [0.1, 0.15) is 0 Å². The molecule has 350 valence electrons. The molecular formula is C66H40N8O. The van der Waals surface area contributed by atoms with E-state index in [-0.39, 0.29) is 0 Å². The smallest absolute Gasteiger partial charge is 0.248 e. The van der Waals surface area contributed by atoms with Crippen molar-refractivity contribution >= 4 is 65.4 Å². The van der Waals surface area contributed by atoms with Crippen LogP contribution in [0, 0.1) is 0 Å². The Hall–Kier alpha value is -10.4. The molecule has 0 atom stereocenters. The Labute approximate surface area is 429 Å². The first kappa shape index (κ1) is 42.3. The second-order valence-electron chi connectivity index (χ2n) is 18.7. The van der Waals surface area contributed by atoms with Gasteiger partial charge in [-0.2, -0.15) is 0 Å². The first-order chi connectivity index (χ1) is 37.2. The van der Waals surface area contributed by atoms with Crippen molar-refractivity contribution in [3.8, 4) is 79.6 Å². The van der Waals surface area contributed by atoms with E-state index in [0.717, 1.165) is 110 Å². The molecular weight excluding hydrogens is 921 g/mol. The molecule has 0 radical (unpaired) electrons. The van der Waals surface area contributed by atoms with Crippen LogP contribution in [0.5, 0.6) is 0 Å². The summed E-state index contributed by atoms with van der Waals surface area (Å²) in [6.07, 6.45) is 0. The molecule has 0 aliphatic heterocycles. The van der Waals surface area contributed by atoms with E-state index in [1.54, 1.807) is 0 Å². The third kappa shape index (κ3) is 7.09. The fourth-order valence-corrected chi connectivity index (χ4v) is 10.8. The number of hydrogen-bond acceptors (Lipinski definition) is 7. The van der Waals surface area contributed by atoms with Gasteiger partial charge >= 0.3 is 0 Å². The largest absolute Gasteiger partial charge is 0.416 e. The molecule has 0 N–H and O–H groups in total. The highest BCUT2D eigenvalue weighted by Crippen LogP contribution is 2.39. The van der Waals surface area contributed by atoms with Gasteiger partial charge in [-0.15, -0.1) is 10.2 Å². The van der Waals surface area contributed by atoms with Gasteiger partial charge in [-0.1, -0.05) is 194 Å². The molecule has 75 heavy (non-hydrogen) atoms. The summed E-state index contributed by atoms with van der Waals surface area (Å²) in [5, 5.41) is 15.6. The molecule has 15 aromatic rings. The van der Waals surface area contributed by atoms with E-state index in [1.165, 1.54) is 11.1 Å². The van der Waals surface area contributed by atoms with E-state index in [0.29, 0.717) is 23.7 Å². The third-order valence-corrected chi connectivity index (χ3v) is 14.4. The van der Waals surface area contributed by atoms with Crippen molar-refractivity contribution in [1.82, 2.24) is 39.3 Å². The van der Waals surface area contributed by atoms with E-state index in [4.69, 9.17) is 24.4 Å². The molecule has 0 aliphatic rings. The van der Waals surface area contributed by atoms with Gasteiger partial charge in [0.15, 0.2) is 0 Å². The summed E-state index contributed by atoms with van der Waals surface area (Å²) in [5.41, 5.74) is 15.4. The Balaban J connectivity index is 0.833. The summed E-state index contributed by atoms with van der Waals surface area (Å²) < 4.78 is 10.9. The topological polar surface area (TPSA) is 100 Å². The Bertz CT molecular complexity index is 4400. The monoisotopic (exact) mass is 960 g/mol. The van der Waals surface area contributed by atoms with E-state index in [9.17, 15) is 0 Å². The minimum absolute atomic E-state index is 0.392. The fourth-order valence-electron chi connectivity index (χ4n) is 10.8. The van der Waals surface area contributed by atoms with Crippen LogP contribution in [-0.4, -0.2) is 39.3 Å². The average Bonchev–Trinajstić information content (AvgIpc) is 4.27. The lowest BCUT2D eigenvalue weighted by Gasteiger charge is -2.12. The highest BCUT2D eigenvalue weighted by molar-refractivity contribution is 6.11. The number of hydrogen-bond donors (Lipinski definition) is 0. The molecule has 10 aromatic carbocycles. The van der Waals surface area contributed by atoms with Crippen molar-refractivity contribution in [1.29, 1.82) is 0 Å². The summed E-state index contributed by atoms with van der Waals surface area (Å²) in [6, 6.07) is 83.8. The van der Waals surface area contributed by atoms with E-state index >= 15 is 0 Å². The third-order valence-electron chi connectivity index (χ3n) is 14.4. The van der Waals surface area contributed by atoms with Crippen LogP contribution >= 0.6 is 0 Å². The first-order valence-corrected chi connectivity index (χ1v) is 24.9. The number of para-hydroxylation sites is 4. The van der Waals surface area contributed by atoms with Gasteiger partial charge in [0.05, 0.1) is 44.5 Å². The van der Waals surface area contributed by atoms with Crippen molar-refractivity contribution in [2.75, 3.05) is 0 Å². The van der Waals surface area contributed by atoms with Crippen molar-refractivity contribution < 1.29 is 4.42 Å². The molecule has 0 saturated carbocycles. The number of aromatic nitrogens is 8. The van der Waals surface area contributed by atoms with E-state index < -0.39 is 0 Å². The number of nitrogens with zero attached hydrogens (tertiary/aromatic N) is 8. The number of benzene rings is 10. The van der Waals surface area contributed by atoms with Gasteiger partial charge in [0.25, 0.3) is 0 Å². The molecule has 9 heteroatoms. The van der Waals surface area contributed by atoms with Gasteiger partial charge in [-0.05, 0) is 70.8 Å². The van der Waals surface area contributed by atoms with Gasteiger partial charge < -0.3 is 4.42 Å². The Kier molecular flexibility index (Phi) is 9.67. The van der Waals surface area contributed by atoms with Crippen molar-refractivity contribution in [2.24, 2.45) is 0 Å². The molecule has 0 spiro atoms.